The van der Waals surface area contributed by atoms with Crippen molar-refractivity contribution in [2.24, 2.45) is 0 Å². The average Bonchev–Trinajstić information content (AvgIpc) is 2.31. The molecule has 1 aromatic carbocycles. The van der Waals surface area contributed by atoms with Gasteiger partial charge in [0, 0.05) is 12.1 Å². The summed E-state index contributed by atoms with van der Waals surface area (Å²) in [4.78, 5) is 11.6. The zero-order valence-corrected chi connectivity index (χ0v) is 11.5. The van der Waals surface area contributed by atoms with Gasteiger partial charge in [-0.1, -0.05) is 33.6 Å². The SMILES string of the molecule is CCCCCC(=O)Oc1ccc(N)c(C(C)C)c1. The van der Waals surface area contributed by atoms with E-state index < -0.39 is 0 Å². The van der Waals surface area contributed by atoms with Crippen LogP contribution in [-0.4, -0.2) is 5.97 Å². The van der Waals surface area contributed by atoms with E-state index in [1.165, 1.54) is 0 Å². The van der Waals surface area contributed by atoms with Gasteiger partial charge in [-0.05, 0) is 36.1 Å². The van der Waals surface area contributed by atoms with Gasteiger partial charge in [0.25, 0.3) is 0 Å². The number of ether oxygens (including phenoxy) is 1. The maximum atomic E-state index is 11.6. The number of benzene rings is 1. The molecule has 0 bridgehead atoms. The summed E-state index contributed by atoms with van der Waals surface area (Å²) in [5.74, 6) is 0.751. The van der Waals surface area contributed by atoms with Crippen LogP contribution in [0.3, 0.4) is 0 Å². The normalized spacial score (nSPS) is 10.7. The Morgan fingerprint density at radius 2 is 2.06 bits per heavy atom. The third kappa shape index (κ3) is 4.40. The third-order valence-electron chi connectivity index (χ3n) is 2.90. The first-order valence-corrected chi connectivity index (χ1v) is 6.64. The van der Waals surface area contributed by atoms with Crippen molar-refractivity contribution in [2.45, 2.75) is 52.4 Å². The lowest BCUT2D eigenvalue weighted by atomic mass is 10.0. The molecule has 3 heteroatoms. The molecule has 0 spiro atoms. The van der Waals surface area contributed by atoms with Crippen LogP contribution >= 0.6 is 0 Å². The van der Waals surface area contributed by atoms with Crippen molar-refractivity contribution in [1.29, 1.82) is 0 Å². The molecule has 0 fully saturated rings. The maximum absolute atomic E-state index is 11.6. The van der Waals surface area contributed by atoms with Crippen molar-refractivity contribution < 1.29 is 9.53 Å². The van der Waals surface area contributed by atoms with E-state index in [2.05, 4.69) is 20.8 Å². The molecule has 0 aliphatic rings. The van der Waals surface area contributed by atoms with Gasteiger partial charge in [0.15, 0.2) is 0 Å². The lowest BCUT2D eigenvalue weighted by Gasteiger charge is -2.11. The number of nitrogen functional groups attached to an aromatic ring is 1. The molecule has 1 aromatic rings. The fourth-order valence-corrected chi connectivity index (χ4v) is 1.82. The Balaban J connectivity index is 2.62. The number of nitrogens with two attached hydrogens (primary N) is 1. The van der Waals surface area contributed by atoms with E-state index in [4.69, 9.17) is 10.5 Å². The Morgan fingerprint density at radius 1 is 1.33 bits per heavy atom. The Morgan fingerprint density at radius 3 is 2.67 bits per heavy atom. The van der Waals surface area contributed by atoms with E-state index in [-0.39, 0.29) is 5.97 Å². The van der Waals surface area contributed by atoms with E-state index in [9.17, 15) is 4.79 Å². The van der Waals surface area contributed by atoms with Gasteiger partial charge in [0.05, 0.1) is 0 Å². The number of hydrogen-bond acceptors (Lipinski definition) is 3. The molecule has 3 nitrogen and oxygen atoms in total. The standard InChI is InChI=1S/C15H23NO2/c1-4-5-6-7-15(17)18-12-8-9-14(16)13(10-12)11(2)3/h8-11H,4-7,16H2,1-3H3. The van der Waals surface area contributed by atoms with Gasteiger partial charge in [-0.2, -0.15) is 0 Å². The Labute approximate surface area is 109 Å². The minimum Gasteiger partial charge on any atom is -0.427 e. The van der Waals surface area contributed by atoms with Crippen molar-refractivity contribution in [1.82, 2.24) is 0 Å². The minimum absolute atomic E-state index is 0.164. The molecular weight excluding hydrogens is 226 g/mol. The largest absolute Gasteiger partial charge is 0.427 e. The highest BCUT2D eigenvalue weighted by molar-refractivity contribution is 5.72. The van der Waals surface area contributed by atoms with Gasteiger partial charge in [-0.3, -0.25) is 4.79 Å². The van der Waals surface area contributed by atoms with Crippen LogP contribution in [0.25, 0.3) is 0 Å². The number of anilines is 1. The molecule has 0 amide bonds. The number of hydrogen-bond donors (Lipinski definition) is 1. The first-order valence-electron chi connectivity index (χ1n) is 6.64. The Hall–Kier alpha value is -1.51. The summed E-state index contributed by atoms with van der Waals surface area (Å²) < 4.78 is 5.31. The van der Waals surface area contributed by atoms with E-state index in [0.29, 0.717) is 18.1 Å². The van der Waals surface area contributed by atoms with E-state index >= 15 is 0 Å². The van der Waals surface area contributed by atoms with Crippen molar-refractivity contribution in [2.75, 3.05) is 5.73 Å². The molecular formula is C15H23NO2. The van der Waals surface area contributed by atoms with Gasteiger partial charge >= 0.3 is 5.97 Å². The highest BCUT2D eigenvalue weighted by Gasteiger charge is 2.09. The lowest BCUT2D eigenvalue weighted by molar-refractivity contribution is -0.134. The maximum Gasteiger partial charge on any atom is 0.311 e. The van der Waals surface area contributed by atoms with Crippen LogP contribution in [0, 0.1) is 0 Å². The quantitative estimate of drug-likeness (QED) is 0.360. The predicted molar refractivity (Wildman–Crippen MR) is 74.7 cm³/mol. The first kappa shape index (κ1) is 14.6. The molecule has 0 saturated carbocycles. The summed E-state index contributed by atoms with van der Waals surface area (Å²) in [6.07, 6.45) is 3.54. The summed E-state index contributed by atoms with van der Waals surface area (Å²) in [5.41, 5.74) is 7.65. The summed E-state index contributed by atoms with van der Waals surface area (Å²) in [6.45, 7) is 6.25. The van der Waals surface area contributed by atoms with Gasteiger partial charge in [0.1, 0.15) is 5.75 Å². The van der Waals surface area contributed by atoms with Crippen LogP contribution in [-0.2, 0) is 4.79 Å². The van der Waals surface area contributed by atoms with Crippen LogP contribution in [0.2, 0.25) is 0 Å². The molecule has 0 heterocycles. The molecule has 0 aliphatic heterocycles. The van der Waals surface area contributed by atoms with Crippen LogP contribution in [0.5, 0.6) is 5.75 Å². The van der Waals surface area contributed by atoms with E-state index in [1.807, 2.05) is 6.07 Å². The molecule has 0 unspecified atom stereocenters. The fraction of sp³-hybridized carbons (Fsp3) is 0.533. The number of carbonyl (C=O) groups is 1. The van der Waals surface area contributed by atoms with Crippen LogP contribution in [0.4, 0.5) is 5.69 Å². The Kier molecular flexibility index (Phi) is 5.69. The van der Waals surface area contributed by atoms with Crippen LogP contribution in [0.1, 0.15) is 57.9 Å². The molecule has 18 heavy (non-hydrogen) atoms. The summed E-state index contributed by atoms with van der Waals surface area (Å²) >= 11 is 0. The van der Waals surface area contributed by atoms with Crippen molar-refractivity contribution in [3.05, 3.63) is 23.8 Å². The molecule has 0 saturated heterocycles. The van der Waals surface area contributed by atoms with Gasteiger partial charge in [-0.25, -0.2) is 0 Å². The highest BCUT2D eigenvalue weighted by atomic mass is 16.5. The summed E-state index contributed by atoms with van der Waals surface area (Å²) in [5, 5.41) is 0. The Bertz CT molecular complexity index is 399. The predicted octanol–water partition coefficient (Wildman–Crippen LogP) is 3.88. The van der Waals surface area contributed by atoms with Crippen LogP contribution < -0.4 is 10.5 Å². The van der Waals surface area contributed by atoms with Gasteiger partial charge in [0.2, 0.25) is 0 Å². The fourth-order valence-electron chi connectivity index (χ4n) is 1.82. The van der Waals surface area contributed by atoms with Crippen molar-refractivity contribution in [3.63, 3.8) is 0 Å². The lowest BCUT2D eigenvalue weighted by Crippen LogP contribution is -2.08. The molecule has 0 atom stereocenters. The topological polar surface area (TPSA) is 52.3 Å². The number of rotatable bonds is 6. The van der Waals surface area contributed by atoms with E-state index in [1.54, 1.807) is 12.1 Å². The van der Waals surface area contributed by atoms with E-state index in [0.717, 1.165) is 30.5 Å². The van der Waals surface area contributed by atoms with Crippen molar-refractivity contribution >= 4 is 11.7 Å². The molecule has 0 aliphatic carbocycles. The second-order valence-corrected chi connectivity index (χ2v) is 4.88. The van der Waals surface area contributed by atoms with Gasteiger partial charge < -0.3 is 10.5 Å². The zero-order chi connectivity index (χ0) is 13.5. The second kappa shape index (κ2) is 7.04. The summed E-state index contributed by atoms with van der Waals surface area (Å²) in [6, 6.07) is 5.40. The smallest absolute Gasteiger partial charge is 0.311 e. The number of unbranched alkanes of at least 4 members (excludes halogenated alkanes) is 2. The second-order valence-electron chi connectivity index (χ2n) is 4.88. The third-order valence-corrected chi connectivity index (χ3v) is 2.90. The first-order chi connectivity index (χ1) is 8.54. The number of carbonyl (C=O) groups excluding carboxylic acids is 1. The van der Waals surface area contributed by atoms with Crippen LogP contribution in [0.15, 0.2) is 18.2 Å². The van der Waals surface area contributed by atoms with Crippen molar-refractivity contribution in [3.8, 4) is 5.75 Å². The summed E-state index contributed by atoms with van der Waals surface area (Å²) in [7, 11) is 0. The highest BCUT2D eigenvalue weighted by Crippen LogP contribution is 2.26. The molecule has 0 aromatic heterocycles. The molecule has 1 rings (SSSR count). The van der Waals surface area contributed by atoms with Gasteiger partial charge in [-0.15, -0.1) is 0 Å². The molecule has 100 valence electrons. The average molecular weight is 249 g/mol. The monoisotopic (exact) mass is 249 g/mol. The number of esters is 1. The zero-order valence-electron chi connectivity index (χ0n) is 11.5. The molecule has 0 radical (unpaired) electrons. The molecule has 2 N–H and O–H groups in total. The minimum atomic E-state index is -0.164.